The molecular weight excluding hydrogens is 256 g/mol. The quantitative estimate of drug-likeness (QED) is 0.773. The number of carbonyl (C=O) groups is 2. The predicted octanol–water partition coefficient (Wildman–Crippen LogP) is 1.83. The predicted molar refractivity (Wildman–Crippen MR) is 79.0 cm³/mol. The van der Waals surface area contributed by atoms with Gasteiger partial charge < -0.3 is 15.0 Å². The maximum atomic E-state index is 11.9. The molecule has 1 amide bonds. The van der Waals surface area contributed by atoms with E-state index in [4.69, 9.17) is 0 Å². The monoisotopic (exact) mass is 278 g/mol. The van der Waals surface area contributed by atoms with Crippen molar-refractivity contribution in [2.75, 3.05) is 31.6 Å². The van der Waals surface area contributed by atoms with E-state index in [0.717, 1.165) is 18.8 Å². The molecule has 110 valence electrons. The first kappa shape index (κ1) is 16.0. The Morgan fingerprint density at radius 2 is 1.75 bits per heavy atom. The molecule has 1 N–H and O–H groups in total. The lowest BCUT2D eigenvalue weighted by Gasteiger charge is -2.21. The van der Waals surface area contributed by atoms with Crippen molar-refractivity contribution in [1.82, 2.24) is 5.32 Å². The Labute approximate surface area is 119 Å². The number of nitrogens with zero attached hydrogens (tertiary/aromatic N) is 1. The molecule has 0 aliphatic carbocycles. The van der Waals surface area contributed by atoms with E-state index in [0.29, 0.717) is 5.56 Å². The van der Waals surface area contributed by atoms with Crippen LogP contribution in [0.25, 0.3) is 0 Å². The molecule has 0 fully saturated rings. The number of hydrogen-bond acceptors (Lipinski definition) is 4. The van der Waals surface area contributed by atoms with Crippen LogP contribution in [0.5, 0.6) is 0 Å². The Bertz CT molecular complexity index is 439. The van der Waals surface area contributed by atoms with Crippen LogP contribution >= 0.6 is 0 Å². The molecule has 0 aliphatic rings. The third kappa shape index (κ3) is 4.57. The van der Waals surface area contributed by atoms with E-state index in [1.54, 1.807) is 12.1 Å². The number of methoxy groups -OCH3 is 1. The third-order valence-corrected chi connectivity index (χ3v) is 3.10. The minimum atomic E-state index is -0.331. The highest BCUT2D eigenvalue weighted by Gasteiger charge is 2.08. The van der Waals surface area contributed by atoms with Gasteiger partial charge in [0, 0.05) is 30.9 Å². The Balaban J connectivity index is 2.55. The van der Waals surface area contributed by atoms with E-state index < -0.39 is 0 Å². The van der Waals surface area contributed by atoms with Crippen molar-refractivity contribution >= 4 is 17.6 Å². The van der Waals surface area contributed by atoms with E-state index >= 15 is 0 Å². The van der Waals surface area contributed by atoms with Crippen LogP contribution in [-0.2, 0) is 9.53 Å². The second-order valence-electron chi connectivity index (χ2n) is 4.30. The molecule has 0 spiro atoms. The molecule has 0 radical (unpaired) electrons. The smallest absolute Gasteiger partial charge is 0.307 e. The molecule has 0 atom stereocenters. The molecule has 5 heteroatoms. The Kier molecular flexibility index (Phi) is 6.56. The number of carbonyl (C=O) groups excluding carboxylic acids is 2. The van der Waals surface area contributed by atoms with Gasteiger partial charge in [-0.15, -0.1) is 0 Å². The molecule has 5 nitrogen and oxygen atoms in total. The zero-order valence-electron chi connectivity index (χ0n) is 12.3. The lowest BCUT2D eigenvalue weighted by molar-refractivity contribution is -0.140. The number of amides is 1. The molecule has 0 saturated heterocycles. The van der Waals surface area contributed by atoms with Crippen LogP contribution in [0.1, 0.15) is 30.6 Å². The van der Waals surface area contributed by atoms with Crippen molar-refractivity contribution in [2.24, 2.45) is 0 Å². The van der Waals surface area contributed by atoms with E-state index in [1.165, 1.54) is 7.11 Å². The Hall–Kier alpha value is -2.04. The average Bonchev–Trinajstić information content (AvgIpc) is 2.48. The van der Waals surface area contributed by atoms with Gasteiger partial charge in [-0.25, -0.2) is 0 Å². The van der Waals surface area contributed by atoms with Gasteiger partial charge in [-0.1, -0.05) is 0 Å². The van der Waals surface area contributed by atoms with Crippen LogP contribution < -0.4 is 10.2 Å². The molecule has 20 heavy (non-hydrogen) atoms. The topological polar surface area (TPSA) is 58.6 Å². The second-order valence-corrected chi connectivity index (χ2v) is 4.30. The van der Waals surface area contributed by atoms with Crippen LogP contribution in [0, 0.1) is 0 Å². The molecule has 0 bridgehead atoms. The average molecular weight is 278 g/mol. The summed E-state index contributed by atoms with van der Waals surface area (Å²) in [6.45, 7) is 6.33. The molecule has 0 heterocycles. The maximum absolute atomic E-state index is 11.9. The fourth-order valence-corrected chi connectivity index (χ4v) is 1.89. The fraction of sp³-hybridized carbons (Fsp3) is 0.467. The minimum Gasteiger partial charge on any atom is -0.469 e. The highest BCUT2D eigenvalue weighted by atomic mass is 16.5. The number of esters is 1. The fourth-order valence-electron chi connectivity index (χ4n) is 1.89. The summed E-state index contributed by atoms with van der Waals surface area (Å²) in [6, 6.07) is 7.45. The van der Waals surface area contributed by atoms with Crippen molar-refractivity contribution in [2.45, 2.75) is 20.3 Å². The number of anilines is 1. The highest BCUT2D eigenvalue weighted by molar-refractivity contribution is 5.94. The highest BCUT2D eigenvalue weighted by Crippen LogP contribution is 2.14. The van der Waals surface area contributed by atoms with Gasteiger partial charge in [0.2, 0.25) is 0 Å². The van der Waals surface area contributed by atoms with E-state index in [1.807, 2.05) is 12.1 Å². The lowest BCUT2D eigenvalue weighted by atomic mass is 10.2. The minimum absolute atomic E-state index is 0.180. The summed E-state index contributed by atoms with van der Waals surface area (Å²) in [5.74, 6) is -0.512. The summed E-state index contributed by atoms with van der Waals surface area (Å²) in [6.07, 6.45) is 0.180. The van der Waals surface area contributed by atoms with Crippen molar-refractivity contribution in [3.05, 3.63) is 29.8 Å². The SMILES string of the molecule is CCN(CC)c1ccc(C(=O)NCCC(=O)OC)cc1. The molecule has 0 unspecified atom stereocenters. The summed E-state index contributed by atoms with van der Waals surface area (Å²) in [4.78, 5) is 25.0. The first-order valence-corrected chi connectivity index (χ1v) is 6.82. The van der Waals surface area contributed by atoms with Gasteiger partial charge in [-0.2, -0.15) is 0 Å². The summed E-state index contributed by atoms with van der Waals surface area (Å²) in [7, 11) is 1.33. The van der Waals surface area contributed by atoms with Crippen LogP contribution in [0.2, 0.25) is 0 Å². The molecule has 1 aromatic carbocycles. The first-order valence-electron chi connectivity index (χ1n) is 6.82. The zero-order valence-corrected chi connectivity index (χ0v) is 12.3. The van der Waals surface area contributed by atoms with Gasteiger partial charge >= 0.3 is 5.97 Å². The van der Waals surface area contributed by atoms with Crippen molar-refractivity contribution < 1.29 is 14.3 Å². The summed E-state index contributed by atoms with van der Waals surface area (Å²) in [5.41, 5.74) is 1.69. The zero-order chi connectivity index (χ0) is 15.0. The van der Waals surface area contributed by atoms with Gasteiger partial charge in [-0.05, 0) is 38.1 Å². The Morgan fingerprint density at radius 1 is 1.15 bits per heavy atom. The Morgan fingerprint density at radius 3 is 2.25 bits per heavy atom. The van der Waals surface area contributed by atoms with Crippen LogP contribution in [0.4, 0.5) is 5.69 Å². The van der Waals surface area contributed by atoms with Gasteiger partial charge in [0.15, 0.2) is 0 Å². The van der Waals surface area contributed by atoms with Crippen molar-refractivity contribution in [3.63, 3.8) is 0 Å². The molecule has 1 rings (SSSR count). The number of ether oxygens (including phenoxy) is 1. The van der Waals surface area contributed by atoms with E-state index in [9.17, 15) is 9.59 Å². The lowest BCUT2D eigenvalue weighted by Crippen LogP contribution is -2.26. The van der Waals surface area contributed by atoms with Gasteiger partial charge in [0.05, 0.1) is 13.5 Å². The number of benzene rings is 1. The first-order chi connectivity index (χ1) is 9.62. The number of nitrogens with one attached hydrogen (secondary N) is 1. The third-order valence-electron chi connectivity index (χ3n) is 3.10. The number of hydrogen-bond donors (Lipinski definition) is 1. The van der Waals surface area contributed by atoms with Crippen LogP contribution in [0.3, 0.4) is 0 Å². The maximum Gasteiger partial charge on any atom is 0.307 e. The van der Waals surface area contributed by atoms with Crippen molar-refractivity contribution in [3.8, 4) is 0 Å². The number of rotatable bonds is 7. The standard InChI is InChI=1S/C15H22N2O3/c1-4-17(5-2)13-8-6-12(7-9-13)15(19)16-11-10-14(18)20-3/h6-9H,4-5,10-11H2,1-3H3,(H,16,19). The van der Waals surface area contributed by atoms with Crippen molar-refractivity contribution in [1.29, 1.82) is 0 Å². The summed E-state index contributed by atoms with van der Waals surface area (Å²) < 4.78 is 4.51. The summed E-state index contributed by atoms with van der Waals surface area (Å²) in [5, 5.41) is 2.69. The summed E-state index contributed by atoms with van der Waals surface area (Å²) >= 11 is 0. The van der Waals surface area contributed by atoms with Crippen LogP contribution in [-0.4, -0.2) is 38.6 Å². The van der Waals surface area contributed by atoms with Gasteiger partial charge in [0.1, 0.15) is 0 Å². The van der Waals surface area contributed by atoms with Gasteiger partial charge in [-0.3, -0.25) is 9.59 Å². The molecule has 1 aromatic rings. The van der Waals surface area contributed by atoms with Gasteiger partial charge in [0.25, 0.3) is 5.91 Å². The molecular formula is C15H22N2O3. The molecule has 0 aromatic heterocycles. The van der Waals surface area contributed by atoms with E-state index in [-0.39, 0.29) is 24.8 Å². The van der Waals surface area contributed by atoms with Crippen LogP contribution in [0.15, 0.2) is 24.3 Å². The second kappa shape index (κ2) is 8.19. The molecule has 0 aliphatic heterocycles. The molecule has 0 saturated carbocycles. The largest absolute Gasteiger partial charge is 0.469 e. The van der Waals surface area contributed by atoms with E-state index in [2.05, 4.69) is 28.8 Å². The normalized spacial score (nSPS) is 9.95.